The SMILES string of the molecule is CCCNC(Cc1cc(Br)ccc1OC)c1nccn1C. The summed E-state index contributed by atoms with van der Waals surface area (Å²) >= 11 is 3.53. The van der Waals surface area contributed by atoms with E-state index in [2.05, 4.69) is 43.8 Å². The van der Waals surface area contributed by atoms with E-state index in [4.69, 9.17) is 4.74 Å². The first-order chi connectivity index (χ1) is 10.2. The fourth-order valence-corrected chi connectivity index (χ4v) is 2.82. The predicted molar refractivity (Wildman–Crippen MR) is 88.6 cm³/mol. The molecule has 2 aromatic rings. The molecule has 2 rings (SSSR count). The molecule has 0 amide bonds. The summed E-state index contributed by atoms with van der Waals surface area (Å²) in [6.07, 6.45) is 5.76. The highest BCUT2D eigenvalue weighted by Crippen LogP contribution is 2.27. The molecule has 0 saturated carbocycles. The number of methoxy groups -OCH3 is 1. The molecule has 1 aromatic heterocycles. The third kappa shape index (κ3) is 4.08. The molecular formula is C16H22BrN3O. The van der Waals surface area contributed by atoms with Gasteiger partial charge >= 0.3 is 0 Å². The van der Waals surface area contributed by atoms with Crippen LogP contribution in [0.4, 0.5) is 0 Å². The Bertz CT molecular complexity index is 583. The van der Waals surface area contributed by atoms with Crippen molar-refractivity contribution in [3.05, 3.63) is 46.5 Å². The Morgan fingerprint density at radius 3 is 2.86 bits per heavy atom. The Kier molecular flexibility index (Phi) is 5.82. The van der Waals surface area contributed by atoms with E-state index in [0.717, 1.165) is 35.4 Å². The zero-order valence-electron chi connectivity index (χ0n) is 12.8. The van der Waals surface area contributed by atoms with E-state index in [1.165, 1.54) is 5.56 Å². The van der Waals surface area contributed by atoms with Crippen molar-refractivity contribution in [1.82, 2.24) is 14.9 Å². The first-order valence-corrected chi connectivity index (χ1v) is 7.98. The van der Waals surface area contributed by atoms with E-state index in [-0.39, 0.29) is 6.04 Å². The number of hydrogen-bond donors (Lipinski definition) is 1. The van der Waals surface area contributed by atoms with Crippen molar-refractivity contribution in [3.63, 3.8) is 0 Å². The molecule has 1 N–H and O–H groups in total. The summed E-state index contributed by atoms with van der Waals surface area (Å²) in [5.41, 5.74) is 1.17. The average Bonchev–Trinajstić information content (AvgIpc) is 2.90. The van der Waals surface area contributed by atoms with E-state index in [0.29, 0.717) is 0 Å². The van der Waals surface area contributed by atoms with Crippen LogP contribution in [0.15, 0.2) is 35.1 Å². The van der Waals surface area contributed by atoms with Gasteiger partial charge in [-0.3, -0.25) is 0 Å². The second-order valence-corrected chi connectivity index (χ2v) is 5.98. The van der Waals surface area contributed by atoms with E-state index in [9.17, 15) is 0 Å². The minimum Gasteiger partial charge on any atom is -0.496 e. The molecule has 5 heteroatoms. The maximum atomic E-state index is 5.48. The van der Waals surface area contributed by atoms with E-state index in [1.54, 1.807) is 7.11 Å². The summed E-state index contributed by atoms with van der Waals surface area (Å²) in [6.45, 7) is 3.13. The summed E-state index contributed by atoms with van der Waals surface area (Å²) in [6, 6.07) is 6.28. The van der Waals surface area contributed by atoms with Crippen molar-refractivity contribution in [3.8, 4) is 5.75 Å². The number of benzene rings is 1. The molecule has 4 nitrogen and oxygen atoms in total. The highest BCUT2D eigenvalue weighted by atomic mass is 79.9. The molecule has 0 aliphatic heterocycles. The van der Waals surface area contributed by atoms with Crippen LogP contribution in [0, 0.1) is 0 Å². The van der Waals surface area contributed by atoms with Gasteiger partial charge in [-0.1, -0.05) is 22.9 Å². The zero-order chi connectivity index (χ0) is 15.2. The molecule has 0 spiro atoms. The number of rotatable bonds is 7. The number of hydrogen-bond acceptors (Lipinski definition) is 3. The van der Waals surface area contributed by atoms with Gasteiger partial charge in [-0.05, 0) is 43.1 Å². The van der Waals surface area contributed by atoms with Crippen LogP contribution < -0.4 is 10.1 Å². The third-order valence-corrected chi connectivity index (χ3v) is 3.97. The number of nitrogens with one attached hydrogen (secondary N) is 1. The molecule has 21 heavy (non-hydrogen) atoms. The van der Waals surface area contributed by atoms with Crippen LogP contribution in [0.1, 0.15) is 30.8 Å². The van der Waals surface area contributed by atoms with Crippen LogP contribution in [-0.4, -0.2) is 23.2 Å². The zero-order valence-corrected chi connectivity index (χ0v) is 14.4. The van der Waals surface area contributed by atoms with E-state index in [1.807, 2.05) is 31.6 Å². The van der Waals surface area contributed by atoms with Crippen LogP contribution in [0.2, 0.25) is 0 Å². The van der Waals surface area contributed by atoms with Gasteiger partial charge in [0.25, 0.3) is 0 Å². The van der Waals surface area contributed by atoms with E-state index < -0.39 is 0 Å². The molecule has 0 bridgehead atoms. The lowest BCUT2D eigenvalue weighted by atomic mass is 10.0. The Hall–Kier alpha value is -1.33. The van der Waals surface area contributed by atoms with Crippen molar-refractivity contribution in [2.75, 3.05) is 13.7 Å². The van der Waals surface area contributed by atoms with Gasteiger partial charge in [0.15, 0.2) is 0 Å². The van der Waals surface area contributed by atoms with Crippen molar-refractivity contribution < 1.29 is 4.74 Å². The monoisotopic (exact) mass is 351 g/mol. The number of imidazole rings is 1. The number of aromatic nitrogens is 2. The Labute approximate surface area is 134 Å². The Morgan fingerprint density at radius 1 is 1.43 bits per heavy atom. The summed E-state index contributed by atoms with van der Waals surface area (Å²) in [7, 11) is 3.74. The summed E-state index contributed by atoms with van der Waals surface area (Å²) < 4.78 is 8.61. The molecule has 1 aromatic carbocycles. The van der Waals surface area contributed by atoms with Gasteiger partial charge in [0.05, 0.1) is 13.2 Å². The third-order valence-electron chi connectivity index (χ3n) is 3.48. The summed E-state index contributed by atoms with van der Waals surface area (Å²) in [5, 5.41) is 3.58. The molecule has 1 atom stereocenters. The topological polar surface area (TPSA) is 39.1 Å². The maximum absolute atomic E-state index is 5.48. The largest absolute Gasteiger partial charge is 0.496 e. The van der Waals surface area contributed by atoms with E-state index >= 15 is 0 Å². The first kappa shape index (κ1) is 16.0. The van der Waals surface area contributed by atoms with Crippen LogP contribution in [0.25, 0.3) is 0 Å². The van der Waals surface area contributed by atoms with Gasteiger partial charge < -0.3 is 14.6 Å². The Morgan fingerprint density at radius 2 is 2.24 bits per heavy atom. The molecule has 1 heterocycles. The summed E-state index contributed by atoms with van der Waals surface area (Å²) in [5.74, 6) is 1.96. The molecule has 0 aliphatic carbocycles. The second-order valence-electron chi connectivity index (χ2n) is 5.06. The highest BCUT2D eigenvalue weighted by Gasteiger charge is 2.18. The predicted octanol–water partition coefficient (Wildman–Crippen LogP) is 3.47. The van der Waals surface area contributed by atoms with Gasteiger partial charge in [0, 0.05) is 23.9 Å². The summed E-state index contributed by atoms with van der Waals surface area (Å²) in [4.78, 5) is 4.49. The lowest BCUT2D eigenvalue weighted by Gasteiger charge is -2.20. The van der Waals surface area contributed by atoms with Crippen LogP contribution in [0.5, 0.6) is 5.75 Å². The standard InChI is InChI=1S/C16H22BrN3O/c1-4-7-18-14(16-19-8-9-20(16)2)11-12-10-13(17)5-6-15(12)21-3/h5-6,8-10,14,18H,4,7,11H2,1-3H3. The molecule has 0 radical (unpaired) electrons. The number of ether oxygens (including phenoxy) is 1. The van der Waals surface area contributed by atoms with Crippen molar-refractivity contribution in [2.24, 2.45) is 7.05 Å². The molecular weight excluding hydrogens is 330 g/mol. The van der Waals surface area contributed by atoms with Crippen molar-refractivity contribution in [1.29, 1.82) is 0 Å². The van der Waals surface area contributed by atoms with Gasteiger partial charge in [-0.2, -0.15) is 0 Å². The minimum absolute atomic E-state index is 0.174. The van der Waals surface area contributed by atoms with Crippen LogP contribution >= 0.6 is 15.9 Å². The fourth-order valence-electron chi connectivity index (χ4n) is 2.41. The fraction of sp³-hybridized carbons (Fsp3) is 0.438. The number of aryl methyl sites for hydroxylation is 1. The van der Waals surface area contributed by atoms with Gasteiger partial charge in [-0.15, -0.1) is 0 Å². The van der Waals surface area contributed by atoms with Gasteiger partial charge in [0.1, 0.15) is 11.6 Å². The molecule has 114 valence electrons. The number of nitrogens with zero attached hydrogens (tertiary/aromatic N) is 2. The number of halogens is 1. The van der Waals surface area contributed by atoms with Crippen LogP contribution in [-0.2, 0) is 13.5 Å². The lowest BCUT2D eigenvalue weighted by Crippen LogP contribution is -2.26. The van der Waals surface area contributed by atoms with Crippen molar-refractivity contribution >= 4 is 15.9 Å². The quantitative estimate of drug-likeness (QED) is 0.829. The lowest BCUT2D eigenvalue weighted by molar-refractivity contribution is 0.403. The molecule has 0 aliphatic rings. The minimum atomic E-state index is 0.174. The highest BCUT2D eigenvalue weighted by molar-refractivity contribution is 9.10. The normalized spacial score (nSPS) is 12.4. The van der Waals surface area contributed by atoms with Gasteiger partial charge in [0.2, 0.25) is 0 Å². The maximum Gasteiger partial charge on any atom is 0.125 e. The smallest absolute Gasteiger partial charge is 0.125 e. The van der Waals surface area contributed by atoms with Gasteiger partial charge in [-0.25, -0.2) is 4.98 Å². The van der Waals surface area contributed by atoms with Crippen molar-refractivity contribution in [2.45, 2.75) is 25.8 Å². The average molecular weight is 352 g/mol. The second kappa shape index (κ2) is 7.61. The molecule has 0 fully saturated rings. The Balaban J connectivity index is 2.26. The van der Waals surface area contributed by atoms with Crippen LogP contribution in [0.3, 0.4) is 0 Å². The first-order valence-electron chi connectivity index (χ1n) is 7.18. The molecule has 0 saturated heterocycles. The molecule has 1 unspecified atom stereocenters.